The van der Waals surface area contributed by atoms with Crippen LogP contribution in [0.1, 0.15) is 0 Å². The fraction of sp³-hybridized carbons (Fsp3) is 0. The Hall–Kier alpha value is -0.0651. The summed E-state index contributed by atoms with van der Waals surface area (Å²) in [5.74, 6) is 0. The molecule has 0 bridgehead atoms. The van der Waals surface area contributed by atoms with Crippen molar-refractivity contribution >= 4 is 61.5 Å². The van der Waals surface area contributed by atoms with Crippen LogP contribution in [0.3, 0.4) is 0 Å². The first-order chi connectivity index (χ1) is 6.59. The molecule has 0 fully saturated rings. The van der Waals surface area contributed by atoms with Gasteiger partial charge in [0.2, 0.25) is 0 Å². The van der Waals surface area contributed by atoms with Gasteiger partial charge in [-0.2, -0.15) is 0 Å². The van der Waals surface area contributed by atoms with E-state index in [4.69, 9.17) is 11.6 Å². The number of halogens is 2. The quantitative estimate of drug-likeness (QED) is 0.789. The van der Waals surface area contributed by atoms with Crippen molar-refractivity contribution in [3.05, 3.63) is 27.0 Å². The van der Waals surface area contributed by atoms with Gasteiger partial charge in [-0.3, -0.25) is 0 Å². The Balaban J connectivity index is 2.82. The van der Waals surface area contributed by atoms with Gasteiger partial charge in [0.1, 0.15) is 0 Å². The van der Waals surface area contributed by atoms with E-state index in [1.165, 1.54) is 11.3 Å². The summed E-state index contributed by atoms with van der Waals surface area (Å²) in [5.41, 5.74) is 0.367. The highest BCUT2D eigenvalue weighted by Crippen LogP contribution is 2.30. The van der Waals surface area contributed by atoms with Crippen LogP contribution in [-0.4, -0.2) is 17.2 Å². The second-order valence-corrected chi connectivity index (χ2v) is 5.67. The number of rotatable bonds is 1. The third kappa shape index (κ3) is 1.70. The van der Waals surface area contributed by atoms with E-state index in [9.17, 15) is 10.0 Å². The maximum absolute atomic E-state index is 9.17. The van der Waals surface area contributed by atoms with Gasteiger partial charge in [0.25, 0.3) is 0 Å². The molecule has 2 N–H and O–H groups in total. The summed E-state index contributed by atoms with van der Waals surface area (Å²) >= 11 is 10.7. The first-order valence-corrected chi connectivity index (χ1v) is 5.82. The van der Waals surface area contributed by atoms with Gasteiger partial charge in [-0.05, 0) is 39.5 Å². The van der Waals surface area contributed by atoms with Gasteiger partial charge in [0, 0.05) is 15.2 Å². The number of benzene rings is 1. The van der Waals surface area contributed by atoms with Crippen molar-refractivity contribution in [2.45, 2.75) is 0 Å². The lowest BCUT2D eigenvalue weighted by Crippen LogP contribution is -2.31. The SMILES string of the molecule is OB(O)c1c(Cl)ccc2sc(Br)cc12. The maximum Gasteiger partial charge on any atom is 0.490 e. The molecule has 1 aromatic carbocycles. The van der Waals surface area contributed by atoms with E-state index < -0.39 is 7.12 Å². The molecule has 0 saturated heterocycles. The van der Waals surface area contributed by atoms with Gasteiger partial charge in [-0.1, -0.05) is 11.6 Å². The molecule has 0 spiro atoms. The van der Waals surface area contributed by atoms with Crippen LogP contribution in [0.25, 0.3) is 10.1 Å². The number of hydrogen-bond donors (Lipinski definition) is 2. The highest BCUT2D eigenvalue weighted by molar-refractivity contribution is 9.11. The van der Waals surface area contributed by atoms with Crippen molar-refractivity contribution in [1.29, 1.82) is 0 Å². The summed E-state index contributed by atoms with van der Waals surface area (Å²) in [6.07, 6.45) is 0. The number of fused-ring (bicyclic) bond motifs is 1. The molecule has 0 saturated carbocycles. The fourth-order valence-electron chi connectivity index (χ4n) is 1.34. The van der Waals surface area contributed by atoms with Crippen molar-refractivity contribution in [3.8, 4) is 0 Å². The molecule has 2 rings (SSSR count). The largest absolute Gasteiger partial charge is 0.490 e. The first kappa shape index (κ1) is 10.5. The summed E-state index contributed by atoms with van der Waals surface area (Å²) in [5, 5.41) is 19.5. The van der Waals surface area contributed by atoms with Gasteiger partial charge in [-0.15, -0.1) is 11.3 Å². The van der Waals surface area contributed by atoms with Crippen LogP contribution in [0.2, 0.25) is 5.02 Å². The molecule has 72 valence electrons. The van der Waals surface area contributed by atoms with E-state index in [0.29, 0.717) is 10.5 Å². The van der Waals surface area contributed by atoms with Crippen molar-refractivity contribution in [1.82, 2.24) is 0 Å². The van der Waals surface area contributed by atoms with Crippen LogP contribution < -0.4 is 5.46 Å². The zero-order chi connectivity index (χ0) is 10.3. The molecule has 0 aliphatic carbocycles. The molecular formula is C8H5BBrClO2S. The average molecular weight is 291 g/mol. The van der Waals surface area contributed by atoms with Crippen LogP contribution in [0, 0.1) is 0 Å². The third-order valence-corrected chi connectivity index (χ3v) is 3.85. The number of hydrogen-bond acceptors (Lipinski definition) is 3. The summed E-state index contributed by atoms with van der Waals surface area (Å²) in [6.45, 7) is 0. The molecule has 0 aliphatic rings. The summed E-state index contributed by atoms with van der Waals surface area (Å²) in [6, 6.07) is 5.36. The van der Waals surface area contributed by atoms with Crippen LogP contribution >= 0.6 is 38.9 Å². The van der Waals surface area contributed by atoms with E-state index in [0.717, 1.165) is 13.9 Å². The molecule has 0 radical (unpaired) electrons. The average Bonchev–Trinajstić information content (AvgIpc) is 2.43. The Morgan fingerprint density at radius 3 is 2.71 bits per heavy atom. The zero-order valence-corrected chi connectivity index (χ0v) is 10.0. The monoisotopic (exact) mass is 290 g/mol. The lowest BCUT2D eigenvalue weighted by Gasteiger charge is -2.03. The van der Waals surface area contributed by atoms with Crippen LogP contribution in [0.15, 0.2) is 22.0 Å². The second kappa shape index (κ2) is 3.83. The third-order valence-electron chi connectivity index (χ3n) is 1.92. The minimum Gasteiger partial charge on any atom is -0.423 e. The standard InChI is InChI=1S/C8H5BBrClO2S/c10-7-3-4-6(14-7)2-1-5(11)8(4)9(12)13/h1-3,12-13H. The van der Waals surface area contributed by atoms with Crippen molar-refractivity contribution in [2.24, 2.45) is 0 Å². The Labute approximate surface area is 98.4 Å². The lowest BCUT2D eigenvalue weighted by atomic mass is 9.78. The molecule has 14 heavy (non-hydrogen) atoms. The van der Waals surface area contributed by atoms with E-state index in [1.807, 2.05) is 12.1 Å². The molecule has 2 aromatic rings. The summed E-state index contributed by atoms with van der Waals surface area (Å²) in [7, 11) is -1.53. The summed E-state index contributed by atoms with van der Waals surface area (Å²) in [4.78, 5) is 0. The highest BCUT2D eigenvalue weighted by atomic mass is 79.9. The summed E-state index contributed by atoms with van der Waals surface area (Å²) < 4.78 is 1.92. The topological polar surface area (TPSA) is 40.5 Å². The van der Waals surface area contributed by atoms with Crippen LogP contribution in [0.5, 0.6) is 0 Å². The molecular weight excluding hydrogens is 286 g/mol. The Kier molecular flexibility index (Phi) is 2.86. The highest BCUT2D eigenvalue weighted by Gasteiger charge is 2.19. The second-order valence-electron chi connectivity index (χ2n) is 2.80. The Bertz CT molecular complexity index is 485. The Morgan fingerprint density at radius 2 is 2.07 bits per heavy atom. The van der Waals surface area contributed by atoms with E-state index in [-0.39, 0.29) is 0 Å². The maximum atomic E-state index is 9.17. The minimum absolute atomic E-state index is 0.367. The smallest absolute Gasteiger partial charge is 0.423 e. The van der Waals surface area contributed by atoms with Crippen LogP contribution in [0.4, 0.5) is 0 Å². The zero-order valence-electron chi connectivity index (χ0n) is 6.87. The lowest BCUT2D eigenvalue weighted by molar-refractivity contribution is 0.426. The van der Waals surface area contributed by atoms with Gasteiger partial charge in [0.05, 0.1) is 3.79 Å². The van der Waals surface area contributed by atoms with Crippen LogP contribution in [-0.2, 0) is 0 Å². The van der Waals surface area contributed by atoms with Gasteiger partial charge >= 0.3 is 7.12 Å². The fourth-order valence-corrected chi connectivity index (χ4v) is 3.15. The van der Waals surface area contributed by atoms with E-state index >= 15 is 0 Å². The molecule has 6 heteroatoms. The van der Waals surface area contributed by atoms with E-state index in [2.05, 4.69) is 15.9 Å². The van der Waals surface area contributed by atoms with E-state index in [1.54, 1.807) is 6.07 Å². The van der Waals surface area contributed by atoms with Gasteiger partial charge < -0.3 is 10.0 Å². The van der Waals surface area contributed by atoms with Crippen molar-refractivity contribution in [2.75, 3.05) is 0 Å². The molecule has 0 aliphatic heterocycles. The Morgan fingerprint density at radius 1 is 1.36 bits per heavy atom. The molecule has 1 heterocycles. The molecule has 2 nitrogen and oxygen atoms in total. The predicted octanol–water partition coefficient (Wildman–Crippen LogP) is 2.00. The predicted molar refractivity (Wildman–Crippen MR) is 64.4 cm³/mol. The van der Waals surface area contributed by atoms with Gasteiger partial charge in [-0.25, -0.2) is 0 Å². The molecule has 1 aromatic heterocycles. The first-order valence-electron chi connectivity index (χ1n) is 3.83. The molecule has 0 unspecified atom stereocenters. The normalized spacial score (nSPS) is 10.9. The van der Waals surface area contributed by atoms with Crippen molar-refractivity contribution in [3.63, 3.8) is 0 Å². The molecule has 0 atom stereocenters. The minimum atomic E-state index is -1.53. The van der Waals surface area contributed by atoms with Crippen molar-refractivity contribution < 1.29 is 10.0 Å². The van der Waals surface area contributed by atoms with Gasteiger partial charge in [0.15, 0.2) is 0 Å². The number of thiophene rings is 1. The molecule has 0 amide bonds.